The lowest BCUT2D eigenvalue weighted by Crippen LogP contribution is -2.42. The van der Waals surface area contributed by atoms with Crippen molar-refractivity contribution in [2.45, 2.75) is 39.4 Å². The van der Waals surface area contributed by atoms with E-state index in [9.17, 15) is 4.79 Å². The molecule has 4 aromatic rings. The summed E-state index contributed by atoms with van der Waals surface area (Å²) in [5, 5.41) is 5.36. The van der Waals surface area contributed by atoms with Gasteiger partial charge in [-0.15, -0.1) is 0 Å². The Labute approximate surface area is 175 Å². The normalized spacial score (nSPS) is 16.3. The number of benzene rings is 1. The summed E-state index contributed by atoms with van der Waals surface area (Å²) in [5.74, 6) is 0.0144. The lowest BCUT2D eigenvalue weighted by molar-refractivity contribution is 0.0663. The van der Waals surface area contributed by atoms with Gasteiger partial charge in [0.25, 0.3) is 5.91 Å². The molecule has 6 heteroatoms. The fourth-order valence-corrected chi connectivity index (χ4v) is 4.40. The van der Waals surface area contributed by atoms with E-state index in [2.05, 4.69) is 54.0 Å². The molecule has 6 nitrogen and oxygen atoms in total. The molecule has 1 aliphatic rings. The van der Waals surface area contributed by atoms with Crippen LogP contribution in [0.1, 0.15) is 53.2 Å². The van der Waals surface area contributed by atoms with Crippen molar-refractivity contribution in [2.24, 2.45) is 0 Å². The predicted octanol–water partition coefficient (Wildman–Crippen LogP) is 4.37. The van der Waals surface area contributed by atoms with Crippen LogP contribution in [-0.4, -0.2) is 36.7 Å². The molecule has 3 aromatic heterocycles. The summed E-state index contributed by atoms with van der Waals surface area (Å²) < 4.78 is 4.14. The number of fused-ring (bicyclic) bond motifs is 2. The summed E-state index contributed by atoms with van der Waals surface area (Å²) in [4.78, 5) is 20.5. The molecule has 0 aliphatic carbocycles. The Morgan fingerprint density at radius 3 is 2.67 bits per heavy atom. The van der Waals surface area contributed by atoms with Gasteiger partial charge in [-0.05, 0) is 44.5 Å². The number of aryl methyl sites for hydroxylation is 1. The highest BCUT2D eigenvalue weighted by Crippen LogP contribution is 2.34. The van der Waals surface area contributed by atoms with Gasteiger partial charge in [0.1, 0.15) is 0 Å². The molecule has 4 heterocycles. The van der Waals surface area contributed by atoms with Crippen LogP contribution < -0.4 is 0 Å². The summed E-state index contributed by atoms with van der Waals surface area (Å²) in [5.41, 5.74) is 4.46. The van der Waals surface area contributed by atoms with Crippen LogP contribution in [-0.2, 0) is 6.54 Å². The molecule has 0 fully saturated rings. The molecule has 5 rings (SSSR count). The quantitative estimate of drug-likeness (QED) is 0.514. The van der Waals surface area contributed by atoms with Crippen LogP contribution >= 0.6 is 0 Å². The summed E-state index contributed by atoms with van der Waals surface area (Å²) in [6.45, 7) is 7.51. The predicted molar refractivity (Wildman–Crippen MR) is 116 cm³/mol. The van der Waals surface area contributed by atoms with Crippen molar-refractivity contribution >= 4 is 16.9 Å². The minimum atomic E-state index is -0.115. The fourth-order valence-electron chi connectivity index (χ4n) is 4.40. The van der Waals surface area contributed by atoms with Gasteiger partial charge in [0.05, 0.1) is 23.5 Å². The van der Waals surface area contributed by atoms with Gasteiger partial charge in [0, 0.05) is 36.4 Å². The first-order valence-corrected chi connectivity index (χ1v) is 10.4. The van der Waals surface area contributed by atoms with Gasteiger partial charge < -0.3 is 9.47 Å². The number of rotatable bonds is 3. The van der Waals surface area contributed by atoms with E-state index < -0.39 is 0 Å². The van der Waals surface area contributed by atoms with E-state index in [-0.39, 0.29) is 18.0 Å². The van der Waals surface area contributed by atoms with E-state index in [0.29, 0.717) is 12.1 Å². The second-order valence-electron chi connectivity index (χ2n) is 8.16. The average molecular weight is 399 g/mol. The third kappa shape index (κ3) is 2.91. The van der Waals surface area contributed by atoms with Crippen LogP contribution in [0.5, 0.6) is 0 Å². The zero-order valence-electron chi connectivity index (χ0n) is 17.5. The molecule has 0 saturated heterocycles. The first-order valence-electron chi connectivity index (χ1n) is 10.4. The highest BCUT2D eigenvalue weighted by molar-refractivity contribution is 5.98. The second kappa shape index (κ2) is 7.13. The van der Waals surface area contributed by atoms with Gasteiger partial charge in [-0.1, -0.05) is 30.3 Å². The largest absolute Gasteiger partial charge is 0.348 e. The zero-order valence-corrected chi connectivity index (χ0v) is 17.5. The summed E-state index contributed by atoms with van der Waals surface area (Å²) in [7, 11) is 0. The maximum Gasteiger partial charge on any atom is 0.256 e. The zero-order chi connectivity index (χ0) is 20.8. The van der Waals surface area contributed by atoms with E-state index >= 15 is 0 Å². The number of amides is 1. The van der Waals surface area contributed by atoms with Gasteiger partial charge in [-0.25, -0.2) is 9.67 Å². The van der Waals surface area contributed by atoms with Crippen molar-refractivity contribution in [3.63, 3.8) is 0 Å². The second-order valence-corrected chi connectivity index (χ2v) is 8.16. The van der Waals surface area contributed by atoms with Gasteiger partial charge in [-0.2, -0.15) is 5.10 Å². The topological polar surface area (TPSA) is 56.0 Å². The highest BCUT2D eigenvalue weighted by atomic mass is 16.2. The van der Waals surface area contributed by atoms with Crippen LogP contribution in [0.2, 0.25) is 0 Å². The molecule has 152 valence electrons. The Hall–Kier alpha value is -3.41. The van der Waals surface area contributed by atoms with Crippen LogP contribution in [0.4, 0.5) is 0 Å². The van der Waals surface area contributed by atoms with Crippen LogP contribution in [0, 0.1) is 6.92 Å². The maximum atomic E-state index is 13.8. The highest BCUT2D eigenvalue weighted by Gasteiger charge is 2.33. The molecule has 0 radical (unpaired) electrons. The van der Waals surface area contributed by atoms with E-state index in [1.165, 1.54) is 0 Å². The summed E-state index contributed by atoms with van der Waals surface area (Å²) >= 11 is 0. The number of nitrogens with zero attached hydrogens (tertiary/aromatic N) is 5. The molecule has 0 bridgehead atoms. The lowest BCUT2D eigenvalue weighted by Gasteiger charge is -2.37. The van der Waals surface area contributed by atoms with Gasteiger partial charge >= 0.3 is 0 Å². The van der Waals surface area contributed by atoms with Gasteiger partial charge in [0.15, 0.2) is 5.65 Å². The van der Waals surface area contributed by atoms with E-state index in [1.807, 2.05) is 40.8 Å². The summed E-state index contributed by atoms with van der Waals surface area (Å²) in [6, 6.07) is 16.5. The van der Waals surface area contributed by atoms with Crippen molar-refractivity contribution in [1.29, 1.82) is 0 Å². The Balaban J connectivity index is 1.59. The molecule has 1 atom stereocenters. The number of hydrogen-bond acceptors (Lipinski definition) is 3. The molecule has 1 amide bonds. The average Bonchev–Trinajstić information content (AvgIpc) is 3.39. The number of aromatic nitrogens is 4. The third-order valence-electron chi connectivity index (χ3n) is 5.89. The monoisotopic (exact) mass is 399 g/mol. The molecular weight excluding hydrogens is 374 g/mol. The fraction of sp³-hybridized carbons (Fsp3) is 0.292. The van der Waals surface area contributed by atoms with E-state index in [0.717, 1.165) is 34.5 Å². The molecule has 1 unspecified atom stereocenters. The van der Waals surface area contributed by atoms with E-state index in [1.54, 1.807) is 6.20 Å². The molecule has 30 heavy (non-hydrogen) atoms. The van der Waals surface area contributed by atoms with Crippen molar-refractivity contribution in [3.8, 4) is 0 Å². The van der Waals surface area contributed by atoms with Crippen LogP contribution in [0.3, 0.4) is 0 Å². The van der Waals surface area contributed by atoms with Crippen molar-refractivity contribution in [2.75, 3.05) is 6.54 Å². The molecular formula is C24H25N5O. The maximum absolute atomic E-state index is 13.8. The lowest BCUT2D eigenvalue weighted by atomic mass is 9.98. The van der Waals surface area contributed by atoms with E-state index in [4.69, 9.17) is 4.98 Å². The summed E-state index contributed by atoms with van der Waals surface area (Å²) in [6.07, 6.45) is 3.89. The smallest absolute Gasteiger partial charge is 0.256 e. The number of hydrogen-bond donors (Lipinski definition) is 0. The third-order valence-corrected chi connectivity index (χ3v) is 5.89. The molecule has 0 N–H and O–H groups in total. The van der Waals surface area contributed by atoms with Crippen molar-refractivity contribution in [1.82, 2.24) is 24.2 Å². The van der Waals surface area contributed by atoms with Crippen molar-refractivity contribution in [3.05, 3.63) is 83.4 Å². The Morgan fingerprint density at radius 1 is 1.10 bits per heavy atom. The first-order chi connectivity index (χ1) is 14.5. The molecule has 0 saturated carbocycles. The number of pyridine rings is 1. The minimum absolute atomic E-state index is 0.0144. The van der Waals surface area contributed by atoms with Crippen LogP contribution in [0.15, 0.2) is 60.9 Å². The number of carbonyl (C=O) groups is 1. The SMILES string of the molecule is Cc1nc2c(cnn2C(C)C)cc1C(=O)N1CCn2cccc2C1c1ccccc1. The van der Waals surface area contributed by atoms with Gasteiger partial charge in [0.2, 0.25) is 0 Å². The standard InChI is InChI=1S/C24H25N5O/c1-16(2)29-23-19(15-25-29)14-20(17(3)26-23)24(30)28-13-12-27-11-7-10-21(27)22(28)18-8-5-4-6-9-18/h4-11,14-16,22H,12-13H2,1-3H3. The van der Waals surface area contributed by atoms with Gasteiger partial charge in [-0.3, -0.25) is 4.79 Å². The Kier molecular flexibility index (Phi) is 4.42. The van der Waals surface area contributed by atoms with Crippen LogP contribution in [0.25, 0.3) is 11.0 Å². The Morgan fingerprint density at radius 2 is 1.90 bits per heavy atom. The first kappa shape index (κ1) is 18.6. The molecule has 1 aromatic carbocycles. The Bertz CT molecular complexity index is 1220. The van der Waals surface area contributed by atoms with Crippen molar-refractivity contribution < 1.29 is 4.79 Å². The number of carbonyl (C=O) groups excluding carboxylic acids is 1. The molecule has 0 spiro atoms. The molecule has 1 aliphatic heterocycles. The minimum Gasteiger partial charge on any atom is -0.348 e.